The van der Waals surface area contributed by atoms with Gasteiger partial charge in [-0.2, -0.15) is 0 Å². The molecule has 27 heavy (non-hydrogen) atoms. The molecule has 3 rings (SSSR count). The maximum atomic E-state index is 13.7. The van der Waals surface area contributed by atoms with Gasteiger partial charge in [0.05, 0.1) is 12.2 Å². The highest BCUT2D eigenvalue weighted by Gasteiger charge is 2.29. The number of amides is 2. The maximum Gasteiger partial charge on any atom is 0.238 e. The molecule has 1 N–H and O–H groups in total. The van der Waals surface area contributed by atoms with Crippen molar-refractivity contribution in [3.63, 3.8) is 0 Å². The number of carbonyl (C=O) groups is 2. The maximum absolute atomic E-state index is 13.7. The average Bonchev–Trinajstić information content (AvgIpc) is 2.94. The van der Waals surface area contributed by atoms with Crippen LogP contribution in [0.4, 0.5) is 10.1 Å². The van der Waals surface area contributed by atoms with Crippen molar-refractivity contribution in [2.24, 2.45) is 5.92 Å². The Labute approximate surface area is 164 Å². The summed E-state index contributed by atoms with van der Waals surface area (Å²) in [5.41, 5.74) is 0.0960. The summed E-state index contributed by atoms with van der Waals surface area (Å²) in [5, 5.41) is 2.95. The smallest absolute Gasteiger partial charge is 0.238 e. The SMILES string of the molecule is O=C(CN1CCC(C(=O)N2CCCCCC2)CC1)Nc1cc(Cl)ccc1F. The lowest BCUT2D eigenvalue weighted by Crippen LogP contribution is -2.44. The first kappa shape index (κ1) is 20.1. The van der Waals surface area contributed by atoms with Gasteiger partial charge in [0, 0.05) is 24.0 Å². The van der Waals surface area contributed by atoms with Gasteiger partial charge in [-0.3, -0.25) is 14.5 Å². The molecule has 0 bridgehead atoms. The molecule has 1 aromatic carbocycles. The molecule has 0 atom stereocenters. The Kier molecular flexibility index (Phi) is 7.07. The number of nitrogens with zero attached hydrogens (tertiary/aromatic N) is 2. The third-order valence-corrected chi connectivity index (χ3v) is 5.66. The Bertz CT molecular complexity index is 669. The Morgan fingerprint density at radius 3 is 2.41 bits per heavy atom. The van der Waals surface area contributed by atoms with Gasteiger partial charge < -0.3 is 10.2 Å². The summed E-state index contributed by atoms with van der Waals surface area (Å²) in [5.74, 6) is -0.433. The van der Waals surface area contributed by atoms with Crippen LogP contribution < -0.4 is 5.32 Å². The van der Waals surface area contributed by atoms with Gasteiger partial charge in [-0.1, -0.05) is 24.4 Å². The summed E-state index contributed by atoms with van der Waals surface area (Å²) in [6.07, 6.45) is 6.17. The van der Waals surface area contributed by atoms with E-state index in [0.29, 0.717) is 18.1 Å². The molecular formula is C20H27ClFN3O2. The van der Waals surface area contributed by atoms with Gasteiger partial charge in [0.1, 0.15) is 5.82 Å². The van der Waals surface area contributed by atoms with Gasteiger partial charge >= 0.3 is 0 Å². The summed E-state index contributed by atoms with van der Waals surface area (Å²) in [6.45, 7) is 3.36. The number of nitrogens with one attached hydrogen (secondary N) is 1. The number of piperidine rings is 1. The summed E-state index contributed by atoms with van der Waals surface area (Å²) in [4.78, 5) is 29.0. The molecule has 0 aliphatic carbocycles. The number of halogens is 2. The minimum Gasteiger partial charge on any atom is -0.342 e. The number of rotatable bonds is 4. The predicted molar refractivity (Wildman–Crippen MR) is 104 cm³/mol. The Morgan fingerprint density at radius 2 is 1.74 bits per heavy atom. The van der Waals surface area contributed by atoms with Crippen LogP contribution in [0, 0.1) is 11.7 Å². The molecule has 0 spiro atoms. The van der Waals surface area contributed by atoms with E-state index in [1.807, 2.05) is 9.80 Å². The van der Waals surface area contributed by atoms with Gasteiger partial charge in [0.15, 0.2) is 0 Å². The number of benzene rings is 1. The van der Waals surface area contributed by atoms with Crippen molar-refractivity contribution in [1.29, 1.82) is 0 Å². The molecule has 2 aliphatic rings. The van der Waals surface area contributed by atoms with Crippen molar-refractivity contribution < 1.29 is 14.0 Å². The van der Waals surface area contributed by atoms with Crippen LogP contribution in [0.1, 0.15) is 38.5 Å². The monoisotopic (exact) mass is 395 g/mol. The quantitative estimate of drug-likeness (QED) is 0.848. The molecule has 2 amide bonds. The van der Waals surface area contributed by atoms with Crippen LogP contribution in [0.3, 0.4) is 0 Å². The van der Waals surface area contributed by atoms with E-state index in [-0.39, 0.29) is 30.0 Å². The average molecular weight is 396 g/mol. The normalized spacial score (nSPS) is 19.6. The molecule has 2 heterocycles. The second kappa shape index (κ2) is 9.51. The minimum absolute atomic E-state index is 0.0628. The van der Waals surface area contributed by atoms with Crippen LogP contribution in [0.15, 0.2) is 18.2 Å². The highest BCUT2D eigenvalue weighted by molar-refractivity contribution is 6.30. The molecule has 2 aliphatic heterocycles. The zero-order chi connectivity index (χ0) is 19.2. The van der Waals surface area contributed by atoms with Crippen LogP contribution in [-0.2, 0) is 9.59 Å². The van der Waals surface area contributed by atoms with E-state index in [4.69, 9.17) is 11.6 Å². The summed E-state index contributed by atoms with van der Waals surface area (Å²) in [7, 11) is 0. The predicted octanol–water partition coefficient (Wildman–Crippen LogP) is 3.53. The molecule has 5 nitrogen and oxygen atoms in total. The minimum atomic E-state index is -0.505. The first-order valence-electron chi connectivity index (χ1n) is 9.79. The second-order valence-corrected chi connectivity index (χ2v) is 7.90. The van der Waals surface area contributed by atoms with Crippen molar-refractivity contribution >= 4 is 29.1 Å². The molecule has 1 aromatic rings. The lowest BCUT2D eigenvalue weighted by molar-refractivity contribution is -0.137. The van der Waals surface area contributed by atoms with Gasteiger partial charge in [-0.15, -0.1) is 0 Å². The fraction of sp³-hybridized carbons (Fsp3) is 0.600. The van der Waals surface area contributed by atoms with E-state index >= 15 is 0 Å². The summed E-state index contributed by atoms with van der Waals surface area (Å²) in [6, 6.07) is 4.08. The molecule has 148 valence electrons. The van der Waals surface area contributed by atoms with Crippen LogP contribution in [0.5, 0.6) is 0 Å². The van der Waals surface area contributed by atoms with E-state index < -0.39 is 5.82 Å². The van der Waals surface area contributed by atoms with Crippen LogP contribution in [0.2, 0.25) is 5.02 Å². The van der Waals surface area contributed by atoms with Gasteiger partial charge in [-0.05, 0) is 57.0 Å². The third-order valence-electron chi connectivity index (χ3n) is 5.42. The number of hydrogen-bond acceptors (Lipinski definition) is 3. The fourth-order valence-corrected chi connectivity index (χ4v) is 4.05. The van der Waals surface area contributed by atoms with Crippen molar-refractivity contribution in [1.82, 2.24) is 9.80 Å². The first-order valence-corrected chi connectivity index (χ1v) is 10.2. The topological polar surface area (TPSA) is 52.7 Å². The lowest BCUT2D eigenvalue weighted by atomic mass is 9.95. The van der Waals surface area contributed by atoms with Crippen molar-refractivity contribution in [3.8, 4) is 0 Å². The Balaban J connectivity index is 1.45. The number of carbonyl (C=O) groups excluding carboxylic acids is 2. The largest absolute Gasteiger partial charge is 0.342 e. The van der Waals surface area contributed by atoms with E-state index in [1.54, 1.807) is 0 Å². The van der Waals surface area contributed by atoms with E-state index in [1.165, 1.54) is 31.0 Å². The summed E-state index contributed by atoms with van der Waals surface area (Å²) < 4.78 is 13.7. The molecule has 0 unspecified atom stereocenters. The number of likely N-dealkylation sites (tertiary alicyclic amines) is 2. The van der Waals surface area contributed by atoms with Crippen LogP contribution >= 0.6 is 11.6 Å². The van der Waals surface area contributed by atoms with Crippen LogP contribution in [0.25, 0.3) is 0 Å². The molecule has 2 fully saturated rings. The summed E-state index contributed by atoms with van der Waals surface area (Å²) >= 11 is 5.85. The Hall–Kier alpha value is -1.66. The zero-order valence-electron chi connectivity index (χ0n) is 15.6. The van der Waals surface area contributed by atoms with Crippen molar-refractivity contribution in [2.75, 3.05) is 38.0 Å². The number of hydrogen-bond donors (Lipinski definition) is 1. The number of anilines is 1. The van der Waals surface area contributed by atoms with Gasteiger partial charge in [0.25, 0.3) is 0 Å². The van der Waals surface area contributed by atoms with E-state index in [2.05, 4.69) is 5.32 Å². The standard InChI is InChI=1S/C20H27ClFN3O2/c21-16-5-6-17(22)18(13-16)23-19(26)14-24-11-7-15(8-12-24)20(27)25-9-3-1-2-4-10-25/h5-6,13,15H,1-4,7-12,14H2,(H,23,26). The molecule has 0 radical (unpaired) electrons. The zero-order valence-corrected chi connectivity index (χ0v) is 16.3. The highest BCUT2D eigenvalue weighted by atomic mass is 35.5. The fourth-order valence-electron chi connectivity index (χ4n) is 3.87. The van der Waals surface area contributed by atoms with E-state index in [0.717, 1.165) is 38.8 Å². The van der Waals surface area contributed by atoms with E-state index in [9.17, 15) is 14.0 Å². The van der Waals surface area contributed by atoms with Gasteiger partial charge in [0.2, 0.25) is 11.8 Å². The molecule has 0 aromatic heterocycles. The second-order valence-electron chi connectivity index (χ2n) is 7.46. The lowest BCUT2D eigenvalue weighted by Gasteiger charge is -2.33. The molecule has 7 heteroatoms. The van der Waals surface area contributed by atoms with Gasteiger partial charge in [-0.25, -0.2) is 4.39 Å². The molecule has 0 saturated carbocycles. The first-order chi connectivity index (χ1) is 13.0. The molecule has 2 saturated heterocycles. The van der Waals surface area contributed by atoms with Crippen LogP contribution in [-0.4, -0.2) is 54.3 Å². The van der Waals surface area contributed by atoms with Crippen molar-refractivity contribution in [3.05, 3.63) is 29.0 Å². The highest BCUT2D eigenvalue weighted by Crippen LogP contribution is 2.22. The van der Waals surface area contributed by atoms with Crippen molar-refractivity contribution in [2.45, 2.75) is 38.5 Å². The Morgan fingerprint density at radius 1 is 1.07 bits per heavy atom. The molecular weight excluding hydrogens is 369 g/mol. The third kappa shape index (κ3) is 5.66.